The summed E-state index contributed by atoms with van der Waals surface area (Å²) in [4.78, 5) is 0. The highest BCUT2D eigenvalue weighted by molar-refractivity contribution is 7.88. The molecule has 2 nitrogen and oxygen atoms in total. The van der Waals surface area contributed by atoms with E-state index in [0.29, 0.717) is 0 Å². The molecule has 1 atom stereocenters. The van der Waals surface area contributed by atoms with Gasteiger partial charge in [0.25, 0.3) is 0 Å². The van der Waals surface area contributed by atoms with Crippen molar-refractivity contribution in [1.82, 2.24) is 0 Å². The third kappa shape index (κ3) is 2.23. The SMILES string of the molecule is COc1ccc(C2=Cc3ccccc3P2(=O)c2ccccc2)cc1. The van der Waals surface area contributed by atoms with Gasteiger partial charge in [0.05, 0.1) is 7.11 Å². The molecular formula is C21H17O2P. The van der Waals surface area contributed by atoms with Gasteiger partial charge in [-0.15, -0.1) is 0 Å². The summed E-state index contributed by atoms with van der Waals surface area (Å²) in [6.07, 6.45) is 2.06. The highest BCUT2D eigenvalue weighted by atomic mass is 31.2. The van der Waals surface area contributed by atoms with Crippen LogP contribution in [0.3, 0.4) is 0 Å². The van der Waals surface area contributed by atoms with Gasteiger partial charge >= 0.3 is 0 Å². The second-order valence-electron chi connectivity index (χ2n) is 5.76. The van der Waals surface area contributed by atoms with Crippen molar-refractivity contribution in [2.24, 2.45) is 0 Å². The van der Waals surface area contributed by atoms with Crippen LogP contribution in [0.25, 0.3) is 11.4 Å². The van der Waals surface area contributed by atoms with Crippen molar-refractivity contribution in [2.45, 2.75) is 0 Å². The Hall–Kier alpha value is -2.57. The van der Waals surface area contributed by atoms with E-state index in [0.717, 1.165) is 32.8 Å². The van der Waals surface area contributed by atoms with Crippen molar-refractivity contribution >= 4 is 29.1 Å². The molecule has 0 amide bonds. The predicted octanol–water partition coefficient (Wildman–Crippen LogP) is 4.52. The van der Waals surface area contributed by atoms with Crippen LogP contribution in [0.15, 0.2) is 78.9 Å². The van der Waals surface area contributed by atoms with Crippen LogP contribution in [-0.2, 0) is 4.57 Å². The van der Waals surface area contributed by atoms with Gasteiger partial charge < -0.3 is 9.30 Å². The number of rotatable bonds is 3. The minimum Gasteiger partial charge on any atom is -0.497 e. The van der Waals surface area contributed by atoms with Gasteiger partial charge in [0.1, 0.15) is 5.75 Å². The predicted molar refractivity (Wildman–Crippen MR) is 101 cm³/mol. The standard InChI is InChI=1S/C21H17O2P/c1-23-18-13-11-16(12-14-18)21-15-17-7-5-6-10-20(17)24(21,22)19-8-3-2-4-9-19/h2-15H,1H3. The zero-order chi connectivity index (χ0) is 16.6. The normalized spacial score (nSPS) is 18.8. The molecule has 1 unspecified atom stereocenters. The number of ether oxygens (including phenoxy) is 1. The molecule has 1 heterocycles. The van der Waals surface area contributed by atoms with E-state index in [4.69, 9.17) is 4.74 Å². The minimum absolute atomic E-state index is 0.796. The lowest BCUT2D eigenvalue weighted by Gasteiger charge is -2.19. The lowest BCUT2D eigenvalue weighted by Crippen LogP contribution is -2.15. The molecule has 4 rings (SSSR count). The zero-order valence-electron chi connectivity index (χ0n) is 13.3. The summed E-state index contributed by atoms with van der Waals surface area (Å²) < 4.78 is 19.5. The van der Waals surface area contributed by atoms with Crippen LogP contribution in [-0.4, -0.2) is 7.11 Å². The van der Waals surface area contributed by atoms with Gasteiger partial charge in [0, 0.05) is 15.9 Å². The summed E-state index contributed by atoms with van der Waals surface area (Å²) in [6, 6.07) is 25.5. The van der Waals surface area contributed by atoms with Crippen LogP contribution in [0.4, 0.5) is 0 Å². The number of methoxy groups -OCH3 is 1. The number of benzene rings is 3. The Morgan fingerprint density at radius 1 is 0.792 bits per heavy atom. The third-order valence-corrected chi connectivity index (χ3v) is 7.59. The summed E-state index contributed by atoms with van der Waals surface area (Å²) in [5, 5.41) is 2.68. The molecule has 0 saturated heterocycles. The second kappa shape index (κ2) is 5.81. The highest BCUT2D eigenvalue weighted by Crippen LogP contribution is 2.61. The van der Waals surface area contributed by atoms with Crippen molar-refractivity contribution in [3.63, 3.8) is 0 Å². The van der Waals surface area contributed by atoms with Gasteiger partial charge in [-0.1, -0.05) is 66.7 Å². The van der Waals surface area contributed by atoms with E-state index in [1.165, 1.54) is 0 Å². The van der Waals surface area contributed by atoms with Crippen molar-refractivity contribution < 1.29 is 9.30 Å². The fourth-order valence-electron chi connectivity index (χ4n) is 3.21. The van der Waals surface area contributed by atoms with E-state index >= 15 is 0 Å². The summed E-state index contributed by atoms with van der Waals surface area (Å²) >= 11 is 0. The van der Waals surface area contributed by atoms with Crippen molar-refractivity contribution in [3.8, 4) is 5.75 Å². The molecule has 0 fully saturated rings. The molecule has 3 aromatic carbocycles. The Labute approximate surface area is 141 Å². The molecule has 0 N–H and O–H groups in total. The molecule has 0 spiro atoms. The van der Waals surface area contributed by atoms with Gasteiger partial charge in [-0.05, 0) is 29.3 Å². The Kier molecular flexibility index (Phi) is 3.63. The van der Waals surface area contributed by atoms with Gasteiger partial charge in [0.15, 0.2) is 7.14 Å². The zero-order valence-corrected chi connectivity index (χ0v) is 14.2. The van der Waals surface area contributed by atoms with E-state index in [1.54, 1.807) is 7.11 Å². The van der Waals surface area contributed by atoms with E-state index in [-0.39, 0.29) is 0 Å². The smallest absolute Gasteiger partial charge is 0.172 e. The minimum atomic E-state index is -2.85. The van der Waals surface area contributed by atoms with Crippen LogP contribution in [0, 0.1) is 0 Å². The first-order valence-electron chi connectivity index (χ1n) is 7.85. The highest BCUT2D eigenvalue weighted by Gasteiger charge is 2.38. The average Bonchev–Trinajstić information content (AvgIpc) is 2.97. The number of hydrogen-bond acceptors (Lipinski definition) is 2. The summed E-state index contributed by atoms with van der Waals surface area (Å²) in [5.74, 6) is 0.796. The number of fused-ring (bicyclic) bond motifs is 1. The molecular weight excluding hydrogens is 315 g/mol. The van der Waals surface area contributed by atoms with Gasteiger partial charge in [-0.25, -0.2) is 0 Å². The maximum atomic E-state index is 14.2. The Morgan fingerprint density at radius 3 is 2.17 bits per heavy atom. The summed E-state index contributed by atoms with van der Waals surface area (Å²) in [5.41, 5.74) is 2.01. The monoisotopic (exact) mass is 332 g/mol. The molecule has 3 aromatic rings. The molecule has 0 aliphatic carbocycles. The average molecular weight is 332 g/mol. The Balaban J connectivity index is 1.94. The lowest BCUT2D eigenvalue weighted by atomic mass is 10.1. The van der Waals surface area contributed by atoms with E-state index in [2.05, 4.69) is 6.08 Å². The molecule has 1 aliphatic heterocycles. The van der Waals surface area contributed by atoms with E-state index in [9.17, 15) is 4.57 Å². The molecule has 24 heavy (non-hydrogen) atoms. The first kappa shape index (κ1) is 15.0. The number of hydrogen-bond donors (Lipinski definition) is 0. The quantitative estimate of drug-likeness (QED) is 0.659. The molecule has 1 aliphatic rings. The lowest BCUT2D eigenvalue weighted by molar-refractivity contribution is 0.415. The fourth-order valence-corrected chi connectivity index (χ4v) is 6.25. The van der Waals surface area contributed by atoms with Gasteiger partial charge in [-0.2, -0.15) is 0 Å². The maximum Gasteiger partial charge on any atom is 0.172 e. The van der Waals surface area contributed by atoms with Gasteiger partial charge in [-0.3, -0.25) is 0 Å². The first-order valence-corrected chi connectivity index (χ1v) is 9.56. The molecule has 3 heteroatoms. The van der Waals surface area contributed by atoms with Gasteiger partial charge in [0.2, 0.25) is 0 Å². The molecule has 0 saturated carbocycles. The fraction of sp³-hybridized carbons (Fsp3) is 0.0476. The summed E-state index contributed by atoms with van der Waals surface area (Å²) in [6.45, 7) is 0. The summed E-state index contributed by atoms with van der Waals surface area (Å²) in [7, 11) is -1.20. The topological polar surface area (TPSA) is 26.3 Å². The van der Waals surface area contributed by atoms with Crippen LogP contribution < -0.4 is 15.3 Å². The van der Waals surface area contributed by atoms with Crippen molar-refractivity contribution in [2.75, 3.05) is 7.11 Å². The van der Waals surface area contributed by atoms with Crippen LogP contribution >= 0.6 is 7.14 Å². The Morgan fingerprint density at radius 2 is 1.46 bits per heavy atom. The molecule has 0 radical (unpaired) electrons. The van der Waals surface area contributed by atoms with Crippen LogP contribution in [0.5, 0.6) is 5.75 Å². The Bertz CT molecular complexity index is 957. The third-order valence-electron chi connectivity index (χ3n) is 4.41. The van der Waals surface area contributed by atoms with E-state index < -0.39 is 7.14 Å². The van der Waals surface area contributed by atoms with Crippen LogP contribution in [0.2, 0.25) is 0 Å². The van der Waals surface area contributed by atoms with Crippen molar-refractivity contribution in [1.29, 1.82) is 0 Å². The molecule has 0 aromatic heterocycles. The molecule has 118 valence electrons. The molecule has 0 bridgehead atoms. The van der Waals surface area contributed by atoms with E-state index in [1.807, 2.05) is 78.9 Å². The van der Waals surface area contributed by atoms with Crippen molar-refractivity contribution in [3.05, 3.63) is 90.0 Å². The first-order chi connectivity index (χ1) is 11.7. The maximum absolute atomic E-state index is 14.2. The van der Waals surface area contributed by atoms with Crippen LogP contribution in [0.1, 0.15) is 11.1 Å². The largest absolute Gasteiger partial charge is 0.497 e. The second-order valence-corrected chi connectivity index (χ2v) is 8.46.